The Kier molecular flexibility index (Phi) is 4.51. The second kappa shape index (κ2) is 5.82. The van der Waals surface area contributed by atoms with Crippen molar-refractivity contribution in [1.82, 2.24) is 0 Å². The molecule has 0 heteroatoms. The molecule has 0 aromatic heterocycles. The van der Waals surface area contributed by atoms with Crippen LogP contribution in [0.1, 0.15) is 31.7 Å². The maximum Gasteiger partial charge on any atom is -0.0279 e. The van der Waals surface area contributed by atoms with Crippen LogP contribution in [0, 0.1) is 6.42 Å². The fourth-order valence-corrected chi connectivity index (χ4v) is 1.30. The summed E-state index contributed by atoms with van der Waals surface area (Å²) in [5.41, 5.74) is 1.46. The first-order chi connectivity index (χ1) is 5.93. The van der Waals surface area contributed by atoms with Crippen molar-refractivity contribution >= 4 is 0 Å². The molecule has 0 saturated heterocycles. The molecule has 0 aliphatic carbocycles. The lowest BCUT2D eigenvalue weighted by molar-refractivity contribution is 0.781. The summed E-state index contributed by atoms with van der Waals surface area (Å²) in [6, 6.07) is 10.7. The summed E-state index contributed by atoms with van der Waals surface area (Å²) in [6.45, 7) is 2.20. The number of rotatable bonds is 5. The van der Waals surface area contributed by atoms with Crippen molar-refractivity contribution in [2.75, 3.05) is 0 Å². The second-order valence-electron chi connectivity index (χ2n) is 3.07. The van der Waals surface area contributed by atoms with Gasteiger partial charge in [0.25, 0.3) is 0 Å². The summed E-state index contributed by atoms with van der Waals surface area (Å²) in [5, 5.41) is 0. The van der Waals surface area contributed by atoms with E-state index in [1.54, 1.807) is 0 Å². The Morgan fingerprint density at radius 1 is 1.17 bits per heavy atom. The maximum absolute atomic E-state index is 2.35. The highest BCUT2D eigenvalue weighted by Crippen LogP contribution is 2.06. The van der Waals surface area contributed by atoms with Gasteiger partial charge in [0.15, 0.2) is 0 Å². The van der Waals surface area contributed by atoms with E-state index >= 15 is 0 Å². The van der Waals surface area contributed by atoms with E-state index in [1.165, 1.54) is 31.2 Å². The Hall–Kier alpha value is -0.780. The van der Waals surface area contributed by atoms with Crippen LogP contribution in [0.4, 0.5) is 0 Å². The maximum atomic E-state index is 2.35. The van der Waals surface area contributed by atoms with E-state index in [1.807, 2.05) is 0 Å². The Bertz CT molecular complexity index is 188. The van der Waals surface area contributed by atoms with Gasteiger partial charge in [0.2, 0.25) is 0 Å². The van der Waals surface area contributed by atoms with Crippen LogP contribution < -0.4 is 0 Å². The predicted octanol–water partition coefficient (Wildman–Crippen LogP) is 3.62. The molecule has 0 amide bonds. The van der Waals surface area contributed by atoms with Crippen LogP contribution in [0.25, 0.3) is 0 Å². The molecule has 0 nitrogen and oxygen atoms in total. The molecule has 0 bridgehead atoms. The Labute approximate surface area is 75.6 Å². The highest BCUT2D eigenvalue weighted by Gasteiger charge is 1.90. The summed E-state index contributed by atoms with van der Waals surface area (Å²) in [4.78, 5) is 0. The van der Waals surface area contributed by atoms with E-state index in [0.717, 1.165) is 0 Å². The standard InChI is InChI=1S/C12H17/c1-2-3-4-6-9-12-10-7-5-8-11-12/h3,5,7-8,10-11H,2,4,6,9H2,1H3. The molecule has 1 aromatic carbocycles. The highest BCUT2D eigenvalue weighted by atomic mass is 14.0. The summed E-state index contributed by atoms with van der Waals surface area (Å²) in [6.07, 6.45) is 7.32. The van der Waals surface area contributed by atoms with Gasteiger partial charge in [0.05, 0.1) is 0 Å². The van der Waals surface area contributed by atoms with Gasteiger partial charge in [-0.3, -0.25) is 0 Å². The fraction of sp³-hybridized carbons (Fsp3) is 0.417. The smallest absolute Gasteiger partial charge is 0.0279 e. The summed E-state index contributed by atoms with van der Waals surface area (Å²) in [5.74, 6) is 0. The van der Waals surface area contributed by atoms with Crippen molar-refractivity contribution in [3.8, 4) is 0 Å². The summed E-state index contributed by atoms with van der Waals surface area (Å²) >= 11 is 0. The molecule has 1 radical (unpaired) electrons. The van der Waals surface area contributed by atoms with Crippen molar-refractivity contribution in [2.24, 2.45) is 0 Å². The molecule has 0 saturated carbocycles. The van der Waals surface area contributed by atoms with Crippen LogP contribution in [-0.4, -0.2) is 0 Å². The lowest BCUT2D eigenvalue weighted by Crippen LogP contribution is -1.84. The van der Waals surface area contributed by atoms with E-state index in [9.17, 15) is 0 Å². The summed E-state index contributed by atoms with van der Waals surface area (Å²) in [7, 11) is 0. The Morgan fingerprint density at radius 3 is 2.58 bits per heavy atom. The third-order valence-corrected chi connectivity index (χ3v) is 2.01. The van der Waals surface area contributed by atoms with Gasteiger partial charge in [0.1, 0.15) is 0 Å². The number of aryl methyl sites for hydroxylation is 1. The first-order valence-electron chi connectivity index (χ1n) is 4.79. The topological polar surface area (TPSA) is 0 Å². The van der Waals surface area contributed by atoms with E-state index < -0.39 is 0 Å². The fourth-order valence-electron chi connectivity index (χ4n) is 1.30. The zero-order valence-electron chi connectivity index (χ0n) is 7.79. The molecule has 0 fully saturated rings. The van der Waals surface area contributed by atoms with Crippen LogP contribution >= 0.6 is 0 Å². The van der Waals surface area contributed by atoms with Crippen molar-refractivity contribution in [3.05, 3.63) is 42.3 Å². The minimum atomic E-state index is 1.20. The first kappa shape index (κ1) is 9.31. The van der Waals surface area contributed by atoms with Gasteiger partial charge in [-0.1, -0.05) is 43.7 Å². The monoisotopic (exact) mass is 161 g/mol. The van der Waals surface area contributed by atoms with Crippen LogP contribution in [0.5, 0.6) is 0 Å². The third kappa shape index (κ3) is 3.56. The average Bonchev–Trinajstić information content (AvgIpc) is 2.14. The number of unbranched alkanes of at least 4 members (excludes halogenated alkanes) is 3. The average molecular weight is 161 g/mol. The number of benzene rings is 1. The molecular weight excluding hydrogens is 144 g/mol. The third-order valence-electron chi connectivity index (χ3n) is 2.01. The van der Waals surface area contributed by atoms with Crippen LogP contribution in [0.2, 0.25) is 0 Å². The van der Waals surface area contributed by atoms with E-state index in [-0.39, 0.29) is 0 Å². The second-order valence-corrected chi connectivity index (χ2v) is 3.07. The first-order valence-corrected chi connectivity index (χ1v) is 4.79. The normalized spacial score (nSPS) is 10.1. The lowest BCUT2D eigenvalue weighted by Gasteiger charge is -1.99. The number of hydrogen-bond donors (Lipinski definition) is 0. The molecule has 0 heterocycles. The van der Waals surface area contributed by atoms with E-state index in [2.05, 4.69) is 43.7 Å². The van der Waals surface area contributed by atoms with Crippen LogP contribution in [-0.2, 0) is 6.42 Å². The zero-order chi connectivity index (χ0) is 8.65. The van der Waals surface area contributed by atoms with Crippen molar-refractivity contribution in [2.45, 2.75) is 32.6 Å². The molecule has 0 unspecified atom stereocenters. The largest absolute Gasteiger partial charge is 0.0651 e. The van der Waals surface area contributed by atoms with Crippen molar-refractivity contribution in [1.29, 1.82) is 0 Å². The molecule has 0 atom stereocenters. The van der Waals surface area contributed by atoms with E-state index in [0.29, 0.717) is 0 Å². The van der Waals surface area contributed by atoms with Gasteiger partial charge in [0, 0.05) is 0 Å². The molecule has 65 valence electrons. The van der Waals surface area contributed by atoms with Crippen molar-refractivity contribution in [3.63, 3.8) is 0 Å². The Morgan fingerprint density at radius 2 is 1.92 bits per heavy atom. The SMILES string of the molecule is CC[CH]CCCc1ccccc1. The molecular formula is C12H17. The highest BCUT2D eigenvalue weighted by molar-refractivity contribution is 5.14. The molecule has 0 aliphatic heterocycles. The molecule has 1 rings (SSSR count). The van der Waals surface area contributed by atoms with Gasteiger partial charge in [-0.25, -0.2) is 0 Å². The molecule has 0 N–H and O–H groups in total. The van der Waals surface area contributed by atoms with Gasteiger partial charge >= 0.3 is 0 Å². The molecule has 0 aliphatic rings. The minimum Gasteiger partial charge on any atom is -0.0651 e. The summed E-state index contributed by atoms with van der Waals surface area (Å²) < 4.78 is 0. The van der Waals surface area contributed by atoms with Gasteiger partial charge < -0.3 is 0 Å². The minimum absolute atomic E-state index is 1.20. The van der Waals surface area contributed by atoms with Crippen molar-refractivity contribution < 1.29 is 0 Å². The van der Waals surface area contributed by atoms with Gasteiger partial charge in [-0.15, -0.1) is 0 Å². The lowest BCUT2D eigenvalue weighted by atomic mass is 10.1. The Balaban J connectivity index is 2.16. The van der Waals surface area contributed by atoms with Crippen LogP contribution in [0.15, 0.2) is 30.3 Å². The zero-order valence-corrected chi connectivity index (χ0v) is 7.79. The predicted molar refractivity (Wildman–Crippen MR) is 54.0 cm³/mol. The van der Waals surface area contributed by atoms with E-state index in [4.69, 9.17) is 0 Å². The quantitative estimate of drug-likeness (QED) is 0.578. The van der Waals surface area contributed by atoms with Gasteiger partial charge in [-0.05, 0) is 31.2 Å². The molecule has 1 aromatic rings. The van der Waals surface area contributed by atoms with Crippen LogP contribution in [0.3, 0.4) is 0 Å². The number of hydrogen-bond acceptors (Lipinski definition) is 0. The van der Waals surface area contributed by atoms with Gasteiger partial charge in [-0.2, -0.15) is 0 Å². The molecule has 0 spiro atoms. The molecule has 12 heavy (non-hydrogen) atoms.